The van der Waals surface area contributed by atoms with Crippen LogP contribution in [0.25, 0.3) is 0 Å². The van der Waals surface area contributed by atoms with Gasteiger partial charge in [0.25, 0.3) is 5.91 Å². The van der Waals surface area contributed by atoms with E-state index in [9.17, 15) is 14.4 Å². The summed E-state index contributed by atoms with van der Waals surface area (Å²) < 4.78 is 4.94. The van der Waals surface area contributed by atoms with E-state index in [-0.39, 0.29) is 24.2 Å². The third kappa shape index (κ3) is 3.53. The summed E-state index contributed by atoms with van der Waals surface area (Å²) in [5, 5.41) is 4.10. The molecule has 1 atom stereocenters. The highest BCUT2D eigenvalue weighted by molar-refractivity contribution is 7.09. The predicted molar refractivity (Wildman–Crippen MR) is 103 cm³/mol. The fraction of sp³-hybridized carbons (Fsp3) is 0.684. The minimum Gasteiger partial charge on any atom is -0.469 e. The topological polar surface area (TPSA) is 89.0 Å². The second-order valence-corrected chi connectivity index (χ2v) is 8.40. The molecule has 154 valence electrons. The van der Waals surface area contributed by atoms with Crippen LogP contribution in [0, 0.1) is 5.92 Å². The molecule has 9 heteroatoms. The Balaban J connectivity index is 1.77. The molecule has 2 aliphatic rings. The molecule has 2 amide bonds. The summed E-state index contributed by atoms with van der Waals surface area (Å²) in [7, 11) is 1.33. The second-order valence-electron chi connectivity index (χ2n) is 7.51. The van der Waals surface area contributed by atoms with Gasteiger partial charge < -0.3 is 9.64 Å². The van der Waals surface area contributed by atoms with Crippen LogP contribution in [0.2, 0.25) is 0 Å². The van der Waals surface area contributed by atoms with E-state index in [0.29, 0.717) is 38.2 Å². The highest BCUT2D eigenvalue weighted by atomic mass is 32.1. The Morgan fingerprint density at radius 3 is 2.57 bits per heavy atom. The van der Waals surface area contributed by atoms with Crippen molar-refractivity contribution in [2.75, 3.05) is 26.8 Å². The van der Waals surface area contributed by atoms with Gasteiger partial charge in [0.05, 0.1) is 30.2 Å². The number of rotatable bonds is 5. The average molecular weight is 410 g/mol. The van der Waals surface area contributed by atoms with E-state index in [1.54, 1.807) is 17.2 Å². The maximum Gasteiger partial charge on any atom is 0.311 e. The van der Waals surface area contributed by atoms with Crippen LogP contribution < -0.4 is 0 Å². The van der Waals surface area contributed by atoms with Gasteiger partial charge in [-0.05, 0) is 19.8 Å². The molecule has 0 bridgehead atoms. The summed E-state index contributed by atoms with van der Waals surface area (Å²) in [6.45, 7) is 7.09. The normalized spacial score (nSPS) is 21.6. The van der Waals surface area contributed by atoms with Gasteiger partial charge in [-0.3, -0.25) is 19.2 Å². The minimum atomic E-state index is -0.762. The molecule has 0 aromatic carbocycles. The first-order valence-electron chi connectivity index (χ1n) is 9.62. The SMILES string of the molecule is CCON1C(=O)CC(C(=O)OC)C12CCN(C(=O)c1csc(C(C)C)n1)CC2. The Bertz CT molecular complexity index is 755. The third-order valence-electron chi connectivity index (χ3n) is 5.55. The Hall–Kier alpha value is -2.00. The van der Waals surface area contributed by atoms with Gasteiger partial charge in [0.1, 0.15) is 5.69 Å². The number of carbonyl (C=O) groups excluding carboxylic acids is 3. The molecule has 0 saturated carbocycles. The summed E-state index contributed by atoms with van der Waals surface area (Å²) in [5.41, 5.74) is -0.305. The van der Waals surface area contributed by atoms with Gasteiger partial charge in [-0.2, -0.15) is 0 Å². The first-order valence-corrected chi connectivity index (χ1v) is 10.5. The summed E-state index contributed by atoms with van der Waals surface area (Å²) >= 11 is 1.49. The molecule has 0 radical (unpaired) electrons. The Labute approximate surface area is 168 Å². The van der Waals surface area contributed by atoms with Gasteiger partial charge in [-0.15, -0.1) is 11.3 Å². The number of aromatic nitrogens is 1. The minimum absolute atomic E-state index is 0.0739. The van der Waals surface area contributed by atoms with Crippen molar-refractivity contribution in [2.45, 2.75) is 51.5 Å². The van der Waals surface area contributed by atoms with E-state index in [4.69, 9.17) is 9.57 Å². The number of carbonyl (C=O) groups is 3. The van der Waals surface area contributed by atoms with Crippen LogP contribution in [0.3, 0.4) is 0 Å². The molecule has 3 heterocycles. The van der Waals surface area contributed by atoms with E-state index in [2.05, 4.69) is 4.98 Å². The number of hydrogen-bond donors (Lipinski definition) is 0. The third-order valence-corrected chi connectivity index (χ3v) is 6.70. The Kier molecular flexibility index (Phi) is 6.04. The number of esters is 1. The molecule has 0 N–H and O–H groups in total. The smallest absolute Gasteiger partial charge is 0.311 e. The zero-order valence-electron chi connectivity index (χ0n) is 16.8. The summed E-state index contributed by atoms with van der Waals surface area (Å²) in [6.07, 6.45) is 1.00. The molecule has 8 nitrogen and oxygen atoms in total. The van der Waals surface area contributed by atoms with Crippen molar-refractivity contribution in [1.29, 1.82) is 0 Å². The fourth-order valence-electron chi connectivity index (χ4n) is 4.07. The van der Waals surface area contributed by atoms with Crippen molar-refractivity contribution in [3.8, 4) is 0 Å². The van der Waals surface area contributed by atoms with Crippen molar-refractivity contribution in [3.63, 3.8) is 0 Å². The van der Waals surface area contributed by atoms with Crippen molar-refractivity contribution >= 4 is 29.1 Å². The molecule has 2 aliphatic heterocycles. The van der Waals surface area contributed by atoms with Crippen LogP contribution in [0.1, 0.15) is 61.4 Å². The van der Waals surface area contributed by atoms with Gasteiger partial charge in [0.15, 0.2) is 0 Å². The molecule has 1 spiro atoms. The highest BCUT2D eigenvalue weighted by Crippen LogP contribution is 2.44. The van der Waals surface area contributed by atoms with Gasteiger partial charge in [-0.25, -0.2) is 10.0 Å². The first-order chi connectivity index (χ1) is 13.3. The van der Waals surface area contributed by atoms with Crippen LogP contribution in [0.4, 0.5) is 0 Å². The summed E-state index contributed by atoms with van der Waals surface area (Å²) in [4.78, 5) is 49.5. The summed E-state index contributed by atoms with van der Waals surface area (Å²) in [5.74, 6) is -1.03. The number of piperidine rings is 1. The van der Waals surface area contributed by atoms with Crippen LogP contribution >= 0.6 is 11.3 Å². The number of thiazole rings is 1. The first kappa shape index (κ1) is 20.7. The highest BCUT2D eigenvalue weighted by Gasteiger charge is 2.58. The molecule has 2 saturated heterocycles. The lowest BCUT2D eigenvalue weighted by molar-refractivity contribution is -0.220. The maximum absolute atomic E-state index is 12.8. The number of ether oxygens (including phenoxy) is 1. The molecular weight excluding hydrogens is 382 g/mol. The van der Waals surface area contributed by atoms with Crippen molar-refractivity contribution in [1.82, 2.24) is 14.9 Å². The number of hydroxylamine groups is 2. The van der Waals surface area contributed by atoms with Gasteiger partial charge >= 0.3 is 5.97 Å². The van der Waals surface area contributed by atoms with E-state index in [1.807, 2.05) is 13.8 Å². The average Bonchev–Trinajstić information content (AvgIpc) is 3.28. The fourth-order valence-corrected chi connectivity index (χ4v) is 4.88. The molecule has 2 fully saturated rings. The largest absolute Gasteiger partial charge is 0.469 e. The van der Waals surface area contributed by atoms with Crippen LogP contribution in [-0.2, 0) is 19.2 Å². The predicted octanol–water partition coefficient (Wildman–Crippen LogP) is 2.21. The number of amides is 2. The van der Waals surface area contributed by atoms with E-state index >= 15 is 0 Å². The Morgan fingerprint density at radius 1 is 1.36 bits per heavy atom. The zero-order valence-corrected chi connectivity index (χ0v) is 17.6. The van der Waals surface area contributed by atoms with Crippen molar-refractivity contribution < 1.29 is 24.0 Å². The van der Waals surface area contributed by atoms with E-state index in [0.717, 1.165) is 5.01 Å². The quantitative estimate of drug-likeness (QED) is 0.693. The second kappa shape index (κ2) is 8.16. The van der Waals surface area contributed by atoms with Crippen LogP contribution in [-0.4, -0.2) is 65.1 Å². The number of methoxy groups -OCH3 is 1. The molecule has 1 aromatic heterocycles. The number of nitrogens with zero attached hydrogens (tertiary/aromatic N) is 3. The van der Waals surface area contributed by atoms with E-state index in [1.165, 1.54) is 23.5 Å². The maximum atomic E-state index is 12.8. The van der Waals surface area contributed by atoms with Crippen LogP contribution in [0.5, 0.6) is 0 Å². The van der Waals surface area contributed by atoms with Gasteiger partial charge in [0.2, 0.25) is 5.91 Å². The molecule has 0 aliphatic carbocycles. The zero-order chi connectivity index (χ0) is 20.5. The van der Waals surface area contributed by atoms with E-state index < -0.39 is 17.4 Å². The lowest BCUT2D eigenvalue weighted by Gasteiger charge is -2.45. The molecule has 3 rings (SSSR count). The molecule has 1 aromatic rings. The lowest BCUT2D eigenvalue weighted by atomic mass is 9.77. The van der Waals surface area contributed by atoms with Gasteiger partial charge in [-0.1, -0.05) is 13.8 Å². The van der Waals surface area contributed by atoms with Crippen molar-refractivity contribution in [2.24, 2.45) is 5.92 Å². The Morgan fingerprint density at radius 2 is 2.04 bits per heavy atom. The summed E-state index contributed by atoms with van der Waals surface area (Å²) in [6, 6.07) is 0. The molecule has 28 heavy (non-hydrogen) atoms. The standard InChI is InChI=1S/C19H27N3O5S/c1-5-27-22-15(23)10-13(18(25)26-4)19(22)6-8-21(9-7-19)17(24)14-11-28-16(20-14)12(2)3/h11-13H,5-10H2,1-4H3. The van der Waals surface area contributed by atoms with Gasteiger partial charge in [0, 0.05) is 30.8 Å². The van der Waals surface area contributed by atoms with Crippen LogP contribution in [0.15, 0.2) is 5.38 Å². The monoisotopic (exact) mass is 409 g/mol. The number of hydrogen-bond acceptors (Lipinski definition) is 7. The molecular formula is C19H27N3O5S. The van der Waals surface area contributed by atoms with Crippen molar-refractivity contribution in [3.05, 3.63) is 16.1 Å². The lowest BCUT2D eigenvalue weighted by Crippen LogP contribution is -2.58. The number of likely N-dealkylation sites (tertiary alicyclic amines) is 1. The molecule has 1 unspecified atom stereocenters.